The first kappa shape index (κ1) is 13.0. The van der Waals surface area contributed by atoms with E-state index < -0.39 is 0 Å². The number of rotatable bonds is 5. The van der Waals surface area contributed by atoms with Crippen molar-refractivity contribution in [2.45, 2.75) is 59.0 Å². The number of hydrogen-bond donors (Lipinski definition) is 1. The highest BCUT2D eigenvalue weighted by atomic mass is 15.2. The Kier molecular flexibility index (Phi) is 5.62. The number of hydrogen-bond acceptors (Lipinski definition) is 2. The van der Waals surface area contributed by atoms with E-state index in [1.54, 1.807) is 0 Å². The summed E-state index contributed by atoms with van der Waals surface area (Å²) in [5, 5.41) is 3.52. The predicted molar refractivity (Wildman–Crippen MR) is 67.2 cm³/mol. The van der Waals surface area contributed by atoms with Gasteiger partial charge in [0.15, 0.2) is 0 Å². The fourth-order valence-corrected chi connectivity index (χ4v) is 2.38. The third-order valence-electron chi connectivity index (χ3n) is 3.39. The molecule has 2 nitrogen and oxygen atoms in total. The molecule has 1 aliphatic rings. The van der Waals surface area contributed by atoms with Gasteiger partial charge in [0, 0.05) is 18.6 Å². The highest BCUT2D eigenvalue weighted by molar-refractivity contribution is 4.75. The zero-order chi connectivity index (χ0) is 11.3. The van der Waals surface area contributed by atoms with Crippen LogP contribution in [0.25, 0.3) is 0 Å². The summed E-state index contributed by atoms with van der Waals surface area (Å²) in [6.07, 6.45) is 4.18. The zero-order valence-corrected chi connectivity index (χ0v) is 10.9. The second-order valence-corrected chi connectivity index (χ2v) is 5.49. The lowest BCUT2D eigenvalue weighted by molar-refractivity contribution is 0.135. The highest BCUT2D eigenvalue weighted by Gasteiger charge is 2.20. The molecule has 1 saturated heterocycles. The molecular weight excluding hydrogens is 184 g/mol. The van der Waals surface area contributed by atoms with Gasteiger partial charge in [-0.1, -0.05) is 13.8 Å². The minimum Gasteiger partial charge on any atom is -0.315 e. The predicted octanol–water partition coefficient (Wildman–Crippen LogP) is 2.49. The van der Waals surface area contributed by atoms with Crippen LogP contribution in [0.1, 0.15) is 47.0 Å². The Morgan fingerprint density at radius 3 is 2.60 bits per heavy atom. The summed E-state index contributed by atoms with van der Waals surface area (Å²) in [4.78, 5) is 2.63. The van der Waals surface area contributed by atoms with Gasteiger partial charge < -0.3 is 10.2 Å². The van der Waals surface area contributed by atoms with Crippen molar-refractivity contribution in [1.82, 2.24) is 10.2 Å². The Balaban J connectivity index is 2.18. The smallest absolute Gasteiger partial charge is 0.00387 e. The van der Waals surface area contributed by atoms with Crippen LogP contribution in [0.3, 0.4) is 0 Å². The van der Waals surface area contributed by atoms with Crippen LogP contribution >= 0.6 is 0 Å². The molecule has 90 valence electrons. The van der Waals surface area contributed by atoms with Gasteiger partial charge in [0.25, 0.3) is 0 Å². The molecule has 0 aromatic heterocycles. The summed E-state index contributed by atoms with van der Waals surface area (Å²) >= 11 is 0. The van der Waals surface area contributed by atoms with Crippen molar-refractivity contribution in [3.8, 4) is 0 Å². The summed E-state index contributed by atoms with van der Waals surface area (Å²) in [6.45, 7) is 12.9. The van der Waals surface area contributed by atoms with E-state index in [4.69, 9.17) is 0 Å². The number of nitrogens with zero attached hydrogens (tertiary/aromatic N) is 1. The average Bonchev–Trinajstić information content (AvgIpc) is 2.17. The molecular formula is C13H28N2. The second kappa shape index (κ2) is 6.49. The van der Waals surface area contributed by atoms with Crippen LogP contribution in [0.15, 0.2) is 0 Å². The van der Waals surface area contributed by atoms with Crippen LogP contribution in [0.2, 0.25) is 0 Å². The molecule has 0 spiro atoms. The van der Waals surface area contributed by atoms with E-state index in [2.05, 4.69) is 37.9 Å². The zero-order valence-electron chi connectivity index (χ0n) is 10.9. The maximum absolute atomic E-state index is 3.52. The number of nitrogens with one attached hydrogen (secondary N) is 1. The van der Waals surface area contributed by atoms with Crippen molar-refractivity contribution >= 4 is 0 Å². The van der Waals surface area contributed by atoms with E-state index in [1.165, 1.54) is 38.9 Å². The summed E-state index contributed by atoms with van der Waals surface area (Å²) < 4.78 is 0. The summed E-state index contributed by atoms with van der Waals surface area (Å²) in [5.74, 6) is 0.924. The van der Waals surface area contributed by atoms with Gasteiger partial charge in [0.05, 0.1) is 0 Å². The lowest BCUT2D eigenvalue weighted by Gasteiger charge is -2.35. The van der Waals surface area contributed by atoms with Crippen molar-refractivity contribution in [2.75, 3.05) is 19.6 Å². The van der Waals surface area contributed by atoms with Gasteiger partial charge in [-0.05, 0) is 52.1 Å². The minimum atomic E-state index is 0.634. The van der Waals surface area contributed by atoms with Crippen LogP contribution in [-0.4, -0.2) is 36.6 Å². The molecule has 0 aromatic carbocycles. The lowest BCUT2D eigenvalue weighted by atomic mass is 9.94. The molecule has 0 radical (unpaired) electrons. The summed E-state index contributed by atoms with van der Waals surface area (Å²) in [7, 11) is 0. The summed E-state index contributed by atoms with van der Waals surface area (Å²) in [5.41, 5.74) is 0. The molecule has 1 fully saturated rings. The van der Waals surface area contributed by atoms with Gasteiger partial charge in [-0.25, -0.2) is 0 Å². The van der Waals surface area contributed by atoms with Crippen LogP contribution < -0.4 is 5.32 Å². The van der Waals surface area contributed by atoms with Crippen LogP contribution in [0, 0.1) is 5.92 Å². The third kappa shape index (κ3) is 4.98. The molecule has 1 heterocycles. The van der Waals surface area contributed by atoms with E-state index in [-0.39, 0.29) is 0 Å². The Hall–Kier alpha value is -0.0800. The number of piperidine rings is 1. The molecule has 1 atom stereocenters. The Bertz CT molecular complexity index is 166. The molecule has 0 aromatic rings. The van der Waals surface area contributed by atoms with Gasteiger partial charge >= 0.3 is 0 Å². The van der Waals surface area contributed by atoms with Crippen LogP contribution in [0.5, 0.6) is 0 Å². The van der Waals surface area contributed by atoms with E-state index in [0.29, 0.717) is 6.04 Å². The monoisotopic (exact) mass is 212 g/mol. The Morgan fingerprint density at radius 2 is 2.00 bits per heavy atom. The first-order valence-corrected chi connectivity index (χ1v) is 6.57. The van der Waals surface area contributed by atoms with Gasteiger partial charge in [-0.2, -0.15) is 0 Å². The molecule has 15 heavy (non-hydrogen) atoms. The van der Waals surface area contributed by atoms with Gasteiger partial charge in [0.1, 0.15) is 0 Å². The fraction of sp³-hybridized carbons (Fsp3) is 1.00. The highest BCUT2D eigenvalue weighted by Crippen LogP contribution is 2.20. The second-order valence-electron chi connectivity index (χ2n) is 5.49. The first-order chi connectivity index (χ1) is 7.09. The van der Waals surface area contributed by atoms with Crippen LogP contribution in [-0.2, 0) is 0 Å². The maximum Gasteiger partial charge on any atom is 0.00387 e. The molecule has 0 amide bonds. The van der Waals surface area contributed by atoms with Crippen LogP contribution in [0.4, 0.5) is 0 Å². The first-order valence-electron chi connectivity index (χ1n) is 6.57. The fourth-order valence-electron chi connectivity index (χ4n) is 2.38. The van der Waals surface area contributed by atoms with E-state index in [0.717, 1.165) is 12.0 Å². The molecule has 0 bridgehead atoms. The SMILES string of the molecule is CC(C)NCC[C@@H]1CCCN(C(C)C)C1. The average molecular weight is 212 g/mol. The normalized spacial score (nSPS) is 24.0. The molecule has 1 aliphatic heterocycles. The molecule has 1 N–H and O–H groups in total. The van der Waals surface area contributed by atoms with Gasteiger partial charge in [0.2, 0.25) is 0 Å². The molecule has 2 heteroatoms. The van der Waals surface area contributed by atoms with Gasteiger partial charge in [-0.3, -0.25) is 0 Å². The molecule has 0 unspecified atom stereocenters. The molecule has 1 rings (SSSR count). The summed E-state index contributed by atoms with van der Waals surface area (Å²) in [6, 6.07) is 1.36. The topological polar surface area (TPSA) is 15.3 Å². The minimum absolute atomic E-state index is 0.634. The van der Waals surface area contributed by atoms with Crippen molar-refractivity contribution in [3.63, 3.8) is 0 Å². The Morgan fingerprint density at radius 1 is 1.27 bits per heavy atom. The van der Waals surface area contributed by atoms with Crippen molar-refractivity contribution in [1.29, 1.82) is 0 Å². The molecule has 0 saturated carbocycles. The number of likely N-dealkylation sites (tertiary alicyclic amines) is 1. The van der Waals surface area contributed by atoms with Gasteiger partial charge in [-0.15, -0.1) is 0 Å². The Labute approximate surface area is 95.4 Å². The van der Waals surface area contributed by atoms with E-state index >= 15 is 0 Å². The lowest BCUT2D eigenvalue weighted by Crippen LogP contribution is -2.40. The largest absolute Gasteiger partial charge is 0.315 e. The van der Waals surface area contributed by atoms with Crippen molar-refractivity contribution < 1.29 is 0 Å². The third-order valence-corrected chi connectivity index (χ3v) is 3.39. The van der Waals surface area contributed by atoms with E-state index in [9.17, 15) is 0 Å². The van der Waals surface area contributed by atoms with E-state index in [1.807, 2.05) is 0 Å². The van der Waals surface area contributed by atoms with Crippen molar-refractivity contribution in [2.24, 2.45) is 5.92 Å². The standard InChI is InChI=1S/C13H28N2/c1-11(2)14-8-7-13-6-5-9-15(10-13)12(3)4/h11-14H,5-10H2,1-4H3/t13-/m0/s1. The quantitative estimate of drug-likeness (QED) is 0.753. The molecule has 0 aliphatic carbocycles. The van der Waals surface area contributed by atoms with Crippen molar-refractivity contribution in [3.05, 3.63) is 0 Å². The maximum atomic E-state index is 3.52.